The molecule has 0 spiro atoms. The molecule has 0 bridgehead atoms. The van der Waals surface area contributed by atoms with Crippen molar-refractivity contribution in [2.45, 2.75) is 29.2 Å². The van der Waals surface area contributed by atoms with Gasteiger partial charge in [-0.3, -0.25) is 9.59 Å². The van der Waals surface area contributed by atoms with Gasteiger partial charge >= 0.3 is 0 Å². The third-order valence-electron chi connectivity index (χ3n) is 4.68. The topological polar surface area (TPSA) is 140 Å². The monoisotopic (exact) mass is 416 g/mol. The molecule has 0 saturated carbocycles. The fourth-order valence-electron chi connectivity index (χ4n) is 2.88. The predicted octanol–water partition coefficient (Wildman–Crippen LogP) is 1.54. The fourth-order valence-corrected chi connectivity index (χ4v) is 4.18. The van der Waals surface area contributed by atoms with Crippen LogP contribution in [0.2, 0.25) is 0 Å². The average molecular weight is 416 g/mol. The highest BCUT2D eigenvalue weighted by Crippen LogP contribution is 2.30. The minimum absolute atomic E-state index is 0.00845. The Bertz CT molecular complexity index is 1200. The number of hydrogen-bond donors (Lipinski definition) is 3. The molecule has 1 aromatic heterocycles. The van der Waals surface area contributed by atoms with E-state index in [4.69, 9.17) is 10.2 Å². The van der Waals surface area contributed by atoms with Gasteiger partial charge in [-0.2, -0.15) is 0 Å². The van der Waals surface area contributed by atoms with Crippen LogP contribution in [0.1, 0.15) is 23.0 Å². The van der Waals surface area contributed by atoms with Gasteiger partial charge in [0.1, 0.15) is 16.9 Å². The molecular formula is C20H20N2O6S. The Balaban J connectivity index is 2.11. The second-order valence-electron chi connectivity index (χ2n) is 6.82. The molecular weight excluding hydrogens is 396 g/mol. The van der Waals surface area contributed by atoms with E-state index in [-0.39, 0.29) is 26.5 Å². The quantitative estimate of drug-likeness (QED) is 0.557. The molecule has 2 aromatic carbocycles. The Morgan fingerprint density at radius 3 is 2.38 bits per heavy atom. The third-order valence-corrected chi connectivity index (χ3v) is 6.44. The molecule has 0 aliphatic rings. The number of fused-ring (bicyclic) bond motifs is 1. The summed E-state index contributed by atoms with van der Waals surface area (Å²) >= 11 is 0. The van der Waals surface area contributed by atoms with E-state index < -0.39 is 33.8 Å². The summed E-state index contributed by atoms with van der Waals surface area (Å²) in [5.74, 6) is -1.39. The summed E-state index contributed by atoms with van der Waals surface area (Å²) in [6, 6.07) is 12.1. The van der Waals surface area contributed by atoms with Crippen molar-refractivity contribution in [3.63, 3.8) is 0 Å². The van der Waals surface area contributed by atoms with Crippen LogP contribution in [-0.4, -0.2) is 37.5 Å². The zero-order chi connectivity index (χ0) is 21.4. The number of carbonyl (C=O) groups excluding carboxylic acids is 2. The van der Waals surface area contributed by atoms with E-state index in [1.54, 1.807) is 25.1 Å². The number of carbonyl (C=O) groups is 2. The largest absolute Gasteiger partial charge is 0.461 e. The van der Waals surface area contributed by atoms with Gasteiger partial charge < -0.3 is 20.6 Å². The van der Waals surface area contributed by atoms with Crippen molar-refractivity contribution in [1.29, 1.82) is 0 Å². The molecule has 1 atom stereocenters. The maximum absolute atomic E-state index is 12.9. The Labute approximate surface area is 167 Å². The number of aliphatic hydroxyl groups excluding tert-OH is 1. The van der Waals surface area contributed by atoms with Gasteiger partial charge in [-0.05, 0) is 44.2 Å². The van der Waals surface area contributed by atoms with Crippen LogP contribution in [0.4, 0.5) is 0 Å². The summed E-state index contributed by atoms with van der Waals surface area (Å²) in [5, 5.41) is 12.1. The number of aliphatic hydroxyl groups is 1. The van der Waals surface area contributed by atoms with E-state index in [0.29, 0.717) is 5.58 Å². The lowest BCUT2D eigenvalue weighted by Gasteiger charge is -2.24. The van der Waals surface area contributed by atoms with Crippen LogP contribution in [0, 0.1) is 6.92 Å². The average Bonchev–Trinajstić information content (AvgIpc) is 3.03. The van der Waals surface area contributed by atoms with Gasteiger partial charge in [0.15, 0.2) is 0 Å². The van der Waals surface area contributed by atoms with E-state index in [2.05, 4.69) is 5.32 Å². The number of amides is 2. The molecule has 0 radical (unpaired) electrons. The first-order valence-corrected chi connectivity index (χ1v) is 10.1. The number of primary amides is 1. The van der Waals surface area contributed by atoms with E-state index in [1.807, 2.05) is 0 Å². The van der Waals surface area contributed by atoms with Crippen molar-refractivity contribution in [1.82, 2.24) is 5.32 Å². The van der Waals surface area contributed by atoms with Gasteiger partial charge in [0.25, 0.3) is 5.91 Å². The SMILES string of the molecule is Cc1oc2ccc(S(=O)(=O)c3ccccc3)cc2c1C(=O)N[C@@](C)(CO)C(N)=O. The molecule has 0 unspecified atom stereocenters. The van der Waals surface area contributed by atoms with Gasteiger partial charge in [-0.1, -0.05) is 18.2 Å². The molecule has 152 valence electrons. The highest BCUT2D eigenvalue weighted by Gasteiger charge is 2.34. The van der Waals surface area contributed by atoms with E-state index in [9.17, 15) is 23.1 Å². The van der Waals surface area contributed by atoms with Crippen molar-refractivity contribution in [2.75, 3.05) is 6.61 Å². The molecule has 1 heterocycles. The maximum Gasteiger partial charge on any atom is 0.256 e. The number of sulfone groups is 1. The lowest BCUT2D eigenvalue weighted by molar-refractivity contribution is -0.124. The van der Waals surface area contributed by atoms with Crippen molar-refractivity contribution >= 4 is 32.6 Å². The number of hydrogen-bond acceptors (Lipinski definition) is 6. The number of nitrogens with two attached hydrogens (primary N) is 1. The van der Waals surface area contributed by atoms with Crippen LogP contribution >= 0.6 is 0 Å². The van der Waals surface area contributed by atoms with E-state index >= 15 is 0 Å². The Kier molecular flexibility index (Phi) is 5.20. The fraction of sp³-hybridized carbons (Fsp3) is 0.200. The first kappa shape index (κ1) is 20.6. The van der Waals surface area contributed by atoms with Gasteiger partial charge in [0.05, 0.1) is 22.0 Å². The van der Waals surface area contributed by atoms with Gasteiger partial charge in [-0.25, -0.2) is 8.42 Å². The number of aryl methyl sites for hydroxylation is 1. The zero-order valence-electron chi connectivity index (χ0n) is 15.8. The molecule has 9 heteroatoms. The molecule has 3 rings (SSSR count). The van der Waals surface area contributed by atoms with Gasteiger partial charge in [-0.15, -0.1) is 0 Å². The summed E-state index contributed by atoms with van der Waals surface area (Å²) in [7, 11) is -3.80. The Hall–Kier alpha value is -3.17. The summed E-state index contributed by atoms with van der Waals surface area (Å²) in [4.78, 5) is 24.5. The lowest BCUT2D eigenvalue weighted by atomic mass is 10.0. The molecule has 3 aromatic rings. The van der Waals surface area contributed by atoms with E-state index in [1.165, 1.54) is 37.3 Å². The minimum atomic E-state index is -3.80. The van der Waals surface area contributed by atoms with Crippen LogP contribution in [0.5, 0.6) is 0 Å². The lowest BCUT2D eigenvalue weighted by Crippen LogP contribution is -2.57. The molecule has 0 aliphatic heterocycles. The van der Waals surface area contributed by atoms with Gasteiger partial charge in [0.2, 0.25) is 15.7 Å². The molecule has 2 amide bonds. The first-order chi connectivity index (χ1) is 13.6. The Morgan fingerprint density at radius 1 is 1.14 bits per heavy atom. The summed E-state index contributed by atoms with van der Waals surface area (Å²) in [5.41, 5.74) is 3.95. The summed E-state index contributed by atoms with van der Waals surface area (Å²) in [6.07, 6.45) is 0. The first-order valence-electron chi connectivity index (χ1n) is 8.67. The Morgan fingerprint density at radius 2 is 1.79 bits per heavy atom. The molecule has 0 aliphatic carbocycles. The third kappa shape index (κ3) is 3.62. The number of benzene rings is 2. The van der Waals surface area contributed by atoms with Crippen LogP contribution < -0.4 is 11.1 Å². The predicted molar refractivity (Wildman–Crippen MR) is 105 cm³/mol. The van der Waals surface area contributed by atoms with E-state index in [0.717, 1.165) is 0 Å². The number of nitrogens with one attached hydrogen (secondary N) is 1. The summed E-state index contributed by atoms with van der Waals surface area (Å²) < 4.78 is 31.4. The van der Waals surface area contributed by atoms with Crippen molar-refractivity contribution in [3.8, 4) is 0 Å². The number of rotatable bonds is 6. The zero-order valence-corrected chi connectivity index (χ0v) is 16.6. The second-order valence-corrected chi connectivity index (χ2v) is 8.77. The molecule has 8 nitrogen and oxygen atoms in total. The molecule has 0 saturated heterocycles. The van der Waals surface area contributed by atoms with Crippen LogP contribution in [-0.2, 0) is 14.6 Å². The van der Waals surface area contributed by atoms with Crippen molar-refractivity contribution in [2.24, 2.45) is 5.73 Å². The molecule has 0 fully saturated rings. The van der Waals surface area contributed by atoms with Crippen molar-refractivity contribution in [3.05, 3.63) is 59.9 Å². The smallest absolute Gasteiger partial charge is 0.256 e. The number of furan rings is 1. The van der Waals surface area contributed by atoms with Gasteiger partial charge in [0, 0.05) is 5.39 Å². The minimum Gasteiger partial charge on any atom is -0.461 e. The van der Waals surface area contributed by atoms with Crippen molar-refractivity contribution < 1.29 is 27.5 Å². The maximum atomic E-state index is 12.9. The normalized spacial score (nSPS) is 13.8. The standard InChI is InChI=1S/C20H20N2O6S/c1-12-17(18(24)22-20(2,11-23)19(21)25)15-10-14(8-9-16(15)28-12)29(26,27)13-6-4-3-5-7-13/h3-10,23H,11H2,1-2H3,(H2,21,25)(H,22,24)/t20-/m0/s1. The van der Waals surface area contributed by atoms with Crippen LogP contribution in [0.25, 0.3) is 11.0 Å². The molecule has 4 N–H and O–H groups in total. The molecule has 29 heavy (non-hydrogen) atoms. The highest BCUT2D eigenvalue weighted by molar-refractivity contribution is 7.91. The van der Waals surface area contributed by atoms with Crippen LogP contribution in [0.15, 0.2) is 62.7 Å². The second kappa shape index (κ2) is 7.34. The highest BCUT2D eigenvalue weighted by atomic mass is 32.2. The summed E-state index contributed by atoms with van der Waals surface area (Å²) in [6.45, 7) is 2.13. The van der Waals surface area contributed by atoms with Crippen LogP contribution in [0.3, 0.4) is 0 Å².